The van der Waals surface area contributed by atoms with Crippen LogP contribution in [0.25, 0.3) is 0 Å². The molecule has 0 unspecified atom stereocenters. The summed E-state index contributed by atoms with van der Waals surface area (Å²) in [6.07, 6.45) is 0.809. The van der Waals surface area contributed by atoms with Crippen LogP contribution in [0.3, 0.4) is 0 Å². The van der Waals surface area contributed by atoms with Crippen molar-refractivity contribution in [3.8, 4) is 0 Å². The Morgan fingerprint density at radius 1 is 1.54 bits per heavy atom. The number of carbonyl (C=O) groups excluding carboxylic acids is 1. The van der Waals surface area contributed by atoms with E-state index < -0.39 is 10.0 Å². The third kappa shape index (κ3) is 2.41. The molecule has 0 aliphatic carbocycles. The van der Waals surface area contributed by atoms with Gasteiger partial charge in [-0.05, 0) is 20.0 Å². The number of carbonyl (C=O) groups is 1. The van der Waals surface area contributed by atoms with Crippen molar-refractivity contribution in [3.05, 3.63) is 0 Å². The summed E-state index contributed by atoms with van der Waals surface area (Å²) in [5.41, 5.74) is 0. The molecule has 0 aromatic heterocycles. The van der Waals surface area contributed by atoms with Crippen molar-refractivity contribution < 1.29 is 13.2 Å². The molecule has 13 heavy (non-hydrogen) atoms. The van der Waals surface area contributed by atoms with Crippen LogP contribution < -0.4 is 5.32 Å². The van der Waals surface area contributed by atoms with E-state index in [0.29, 0.717) is 13.0 Å². The van der Waals surface area contributed by atoms with Crippen molar-refractivity contribution in [1.29, 1.82) is 0 Å². The van der Waals surface area contributed by atoms with Crippen LogP contribution in [0.4, 0.5) is 0 Å². The summed E-state index contributed by atoms with van der Waals surface area (Å²) >= 11 is 0. The summed E-state index contributed by atoms with van der Waals surface area (Å²) < 4.78 is 23.5. The molecule has 5 nitrogen and oxygen atoms in total. The predicted octanol–water partition coefficient (Wildman–Crippen LogP) is -0.842. The molecule has 0 atom stereocenters. The molecule has 0 spiro atoms. The quantitative estimate of drug-likeness (QED) is 0.609. The molecule has 76 valence electrons. The lowest BCUT2D eigenvalue weighted by Gasteiger charge is -2.13. The Bertz CT molecular complexity index is 286. The normalized spacial score (nSPS) is 21.0. The number of sulfonamides is 1. The summed E-state index contributed by atoms with van der Waals surface area (Å²) in [5.74, 6) is -0.290. The maximum atomic E-state index is 11.3. The van der Waals surface area contributed by atoms with Gasteiger partial charge in [-0.15, -0.1) is 0 Å². The van der Waals surface area contributed by atoms with E-state index in [1.54, 1.807) is 7.05 Å². The minimum absolute atomic E-state index is 0.0224. The fraction of sp³-hybridized carbons (Fsp3) is 0.857. The number of amides is 1. The Morgan fingerprint density at radius 3 is 2.69 bits per heavy atom. The van der Waals surface area contributed by atoms with Crippen LogP contribution in [0, 0.1) is 0 Å². The van der Waals surface area contributed by atoms with Gasteiger partial charge >= 0.3 is 0 Å². The van der Waals surface area contributed by atoms with E-state index in [1.165, 1.54) is 0 Å². The molecule has 0 saturated carbocycles. The molecule has 0 aromatic rings. The highest BCUT2D eigenvalue weighted by Crippen LogP contribution is 2.14. The lowest BCUT2D eigenvalue weighted by molar-refractivity contribution is -0.125. The molecule has 0 bridgehead atoms. The highest BCUT2D eigenvalue weighted by Gasteiger charge is 2.33. The molecular weight excluding hydrogens is 192 g/mol. The Kier molecular flexibility index (Phi) is 3.27. The molecule has 1 heterocycles. The Morgan fingerprint density at radius 2 is 2.23 bits per heavy atom. The predicted molar refractivity (Wildman–Crippen MR) is 48.7 cm³/mol. The van der Waals surface area contributed by atoms with E-state index >= 15 is 0 Å². The monoisotopic (exact) mass is 206 g/mol. The molecule has 1 rings (SSSR count). The molecule has 1 saturated heterocycles. The van der Waals surface area contributed by atoms with Crippen molar-refractivity contribution in [2.45, 2.75) is 12.8 Å². The van der Waals surface area contributed by atoms with Crippen molar-refractivity contribution in [2.24, 2.45) is 0 Å². The van der Waals surface area contributed by atoms with Gasteiger partial charge in [0.15, 0.2) is 0 Å². The first-order chi connectivity index (χ1) is 6.08. The number of nitrogens with zero attached hydrogens (tertiary/aromatic N) is 1. The van der Waals surface area contributed by atoms with Crippen LogP contribution in [0.1, 0.15) is 12.8 Å². The van der Waals surface area contributed by atoms with Gasteiger partial charge < -0.3 is 5.32 Å². The lowest BCUT2D eigenvalue weighted by Crippen LogP contribution is -2.31. The Labute approximate surface area is 78.2 Å². The number of hydrogen-bond acceptors (Lipinski definition) is 4. The largest absolute Gasteiger partial charge is 0.320 e. The summed E-state index contributed by atoms with van der Waals surface area (Å²) in [4.78, 5) is 11.1. The molecule has 1 aliphatic rings. The van der Waals surface area contributed by atoms with E-state index in [-0.39, 0.29) is 18.1 Å². The Hall–Kier alpha value is -0.620. The fourth-order valence-electron chi connectivity index (χ4n) is 1.27. The van der Waals surface area contributed by atoms with Gasteiger partial charge in [0.1, 0.15) is 0 Å². The van der Waals surface area contributed by atoms with Crippen molar-refractivity contribution in [2.75, 3.05) is 25.9 Å². The highest BCUT2D eigenvalue weighted by molar-refractivity contribution is 7.90. The number of nitrogens with one attached hydrogen (secondary N) is 1. The second-order valence-corrected chi connectivity index (χ2v) is 5.00. The third-order valence-corrected chi connectivity index (χ3v) is 3.75. The second-order valence-electron chi connectivity index (χ2n) is 2.99. The Balaban J connectivity index is 2.52. The topological polar surface area (TPSA) is 66.5 Å². The average Bonchev–Trinajstić information content (AvgIpc) is 2.31. The minimum atomic E-state index is -3.26. The standard InChI is InChI=1S/C7H14N2O3S/c1-8-4-2-5-9-7(10)3-6-13(9,11)12/h8H,2-6H2,1H3. The zero-order valence-electron chi connectivity index (χ0n) is 7.62. The first kappa shape index (κ1) is 10.5. The molecule has 1 fully saturated rings. The van der Waals surface area contributed by atoms with E-state index in [2.05, 4.69) is 5.32 Å². The van der Waals surface area contributed by atoms with E-state index in [9.17, 15) is 13.2 Å². The highest BCUT2D eigenvalue weighted by atomic mass is 32.2. The van der Waals surface area contributed by atoms with Crippen LogP contribution in [0.5, 0.6) is 0 Å². The average molecular weight is 206 g/mol. The molecule has 1 amide bonds. The minimum Gasteiger partial charge on any atom is -0.320 e. The zero-order valence-corrected chi connectivity index (χ0v) is 8.43. The first-order valence-corrected chi connectivity index (χ1v) is 5.86. The van der Waals surface area contributed by atoms with Crippen LogP contribution in [-0.2, 0) is 14.8 Å². The van der Waals surface area contributed by atoms with Gasteiger partial charge in [-0.2, -0.15) is 0 Å². The van der Waals surface area contributed by atoms with E-state index in [0.717, 1.165) is 10.8 Å². The fourth-order valence-corrected chi connectivity index (χ4v) is 2.73. The van der Waals surface area contributed by atoms with Crippen molar-refractivity contribution >= 4 is 15.9 Å². The van der Waals surface area contributed by atoms with E-state index in [1.807, 2.05) is 0 Å². The van der Waals surface area contributed by atoms with Crippen molar-refractivity contribution in [1.82, 2.24) is 9.62 Å². The van der Waals surface area contributed by atoms with Gasteiger partial charge in [-0.3, -0.25) is 4.79 Å². The summed E-state index contributed by atoms with van der Waals surface area (Å²) in [6.45, 7) is 1.03. The molecule has 6 heteroatoms. The summed E-state index contributed by atoms with van der Waals surface area (Å²) in [6, 6.07) is 0. The molecule has 1 N–H and O–H groups in total. The maximum absolute atomic E-state index is 11.3. The van der Waals surface area contributed by atoms with Crippen LogP contribution in [0.15, 0.2) is 0 Å². The summed E-state index contributed by atoms with van der Waals surface area (Å²) in [5, 5.41) is 2.90. The van der Waals surface area contributed by atoms with Gasteiger partial charge in [0, 0.05) is 13.0 Å². The SMILES string of the molecule is CNCCCN1C(=O)CCS1(=O)=O. The van der Waals surface area contributed by atoms with E-state index in [4.69, 9.17) is 0 Å². The summed E-state index contributed by atoms with van der Waals surface area (Å²) in [7, 11) is -1.47. The zero-order chi connectivity index (χ0) is 9.90. The number of rotatable bonds is 4. The van der Waals surface area contributed by atoms with Crippen LogP contribution in [0.2, 0.25) is 0 Å². The number of hydrogen-bond donors (Lipinski definition) is 1. The second kappa shape index (κ2) is 4.06. The van der Waals surface area contributed by atoms with Gasteiger partial charge in [-0.1, -0.05) is 0 Å². The maximum Gasteiger partial charge on any atom is 0.237 e. The molecule has 0 aromatic carbocycles. The molecule has 0 radical (unpaired) electrons. The molecule has 1 aliphatic heterocycles. The molecular formula is C7H14N2O3S. The van der Waals surface area contributed by atoms with Gasteiger partial charge in [0.2, 0.25) is 15.9 Å². The van der Waals surface area contributed by atoms with Gasteiger partial charge in [0.25, 0.3) is 0 Å². The third-order valence-electron chi connectivity index (χ3n) is 1.98. The van der Waals surface area contributed by atoms with Gasteiger partial charge in [-0.25, -0.2) is 12.7 Å². The van der Waals surface area contributed by atoms with Crippen LogP contribution in [-0.4, -0.2) is 44.5 Å². The van der Waals surface area contributed by atoms with Gasteiger partial charge in [0.05, 0.1) is 5.75 Å². The van der Waals surface area contributed by atoms with Crippen LogP contribution >= 0.6 is 0 Å². The van der Waals surface area contributed by atoms with Crippen molar-refractivity contribution in [3.63, 3.8) is 0 Å². The first-order valence-electron chi connectivity index (χ1n) is 4.26. The smallest absolute Gasteiger partial charge is 0.237 e. The lowest BCUT2D eigenvalue weighted by atomic mass is 10.4.